The van der Waals surface area contributed by atoms with E-state index in [1.165, 1.54) is 0 Å². The zero-order chi connectivity index (χ0) is 16.2. The van der Waals surface area contributed by atoms with Crippen molar-refractivity contribution >= 4 is 28.8 Å². The van der Waals surface area contributed by atoms with Gasteiger partial charge in [0.25, 0.3) is 5.91 Å². The second-order valence-corrected chi connectivity index (χ2v) is 6.45. The number of carbonyl (C=O) groups excluding carboxylic acids is 1. The van der Waals surface area contributed by atoms with E-state index in [2.05, 4.69) is 5.16 Å². The smallest absolute Gasteiger partial charge is 0.276 e. The molecule has 0 aliphatic heterocycles. The zero-order valence-electron chi connectivity index (χ0n) is 12.5. The van der Waals surface area contributed by atoms with E-state index in [9.17, 15) is 4.79 Å². The van der Waals surface area contributed by atoms with E-state index in [-0.39, 0.29) is 5.91 Å². The van der Waals surface area contributed by atoms with E-state index in [4.69, 9.17) is 16.1 Å². The summed E-state index contributed by atoms with van der Waals surface area (Å²) in [7, 11) is 0. The molecule has 0 aliphatic rings. The third kappa shape index (κ3) is 3.63. The third-order valence-corrected chi connectivity index (χ3v) is 4.57. The first-order valence-electron chi connectivity index (χ1n) is 7.21. The van der Waals surface area contributed by atoms with Crippen LogP contribution in [0.4, 0.5) is 0 Å². The fourth-order valence-electron chi connectivity index (χ4n) is 2.21. The van der Waals surface area contributed by atoms with Gasteiger partial charge in [-0.15, -0.1) is 11.3 Å². The van der Waals surface area contributed by atoms with Crippen LogP contribution in [0.2, 0.25) is 5.02 Å². The molecule has 0 radical (unpaired) electrons. The van der Waals surface area contributed by atoms with Crippen molar-refractivity contribution in [2.24, 2.45) is 0 Å². The summed E-state index contributed by atoms with van der Waals surface area (Å²) in [4.78, 5) is 15.5. The molecule has 0 unspecified atom stereocenters. The standard InChI is InChI=1S/C17H15ClN2O2S/c1-2-20(11-14-4-3-9-23-14)17(21)15-10-16(22-19-15)12-5-7-13(18)8-6-12/h3-10H,2,11H2,1H3. The van der Waals surface area contributed by atoms with Gasteiger partial charge in [0, 0.05) is 28.1 Å². The summed E-state index contributed by atoms with van der Waals surface area (Å²) in [5.41, 5.74) is 1.15. The second kappa shape index (κ2) is 6.98. The van der Waals surface area contributed by atoms with Gasteiger partial charge in [0.1, 0.15) is 0 Å². The van der Waals surface area contributed by atoms with Crippen LogP contribution in [-0.4, -0.2) is 22.5 Å². The summed E-state index contributed by atoms with van der Waals surface area (Å²) in [5, 5.41) is 6.57. The Morgan fingerprint density at radius 2 is 2.09 bits per heavy atom. The minimum Gasteiger partial charge on any atom is -0.355 e. The van der Waals surface area contributed by atoms with Crippen molar-refractivity contribution in [3.05, 3.63) is 63.4 Å². The Bertz CT molecular complexity index is 781. The summed E-state index contributed by atoms with van der Waals surface area (Å²) < 4.78 is 5.30. The first-order valence-corrected chi connectivity index (χ1v) is 8.47. The Kier molecular flexibility index (Phi) is 4.79. The number of halogens is 1. The average molecular weight is 347 g/mol. The highest BCUT2D eigenvalue weighted by Crippen LogP contribution is 2.23. The fraction of sp³-hybridized carbons (Fsp3) is 0.176. The molecule has 2 aromatic heterocycles. The number of nitrogens with zero attached hydrogens (tertiary/aromatic N) is 2. The van der Waals surface area contributed by atoms with Crippen molar-refractivity contribution < 1.29 is 9.32 Å². The van der Waals surface area contributed by atoms with Crippen LogP contribution < -0.4 is 0 Å². The molecule has 0 spiro atoms. The number of carbonyl (C=O) groups is 1. The van der Waals surface area contributed by atoms with Gasteiger partial charge in [0.05, 0.1) is 6.54 Å². The van der Waals surface area contributed by atoms with Crippen LogP contribution in [0.1, 0.15) is 22.3 Å². The van der Waals surface area contributed by atoms with Gasteiger partial charge in [-0.25, -0.2) is 0 Å². The maximum absolute atomic E-state index is 12.6. The van der Waals surface area contributed by atoms with E-state index >= 15 is 0 Å². The molecule has 0 saturated carbocycles. The van der Waals surface area contributed by atoms with E-state index in [1.807, 2.05) is 36.6 Å². The molecule has 0 N–H and O–H groups in total. The Morgan fingerprint density at radius 1 is 1.30 bits per heavy atom. The highest BCUT2D eigenvalue weighted by atomic mass is 35.5. The molecule has 23 heavy (non-hydrogen) atoms. The highest BCUT2D eigenvalue weighted by molar-refractivity contribution is 7.09. The average Bonchev–Trinajstić information content (AvgIpc) is 3.24. The summed E-state index contributed by atoms with van der Waals surface area (Å²) in [6.07, 6.45) is 0. The molecule has 0 bridgehead atoms. The molecular formula is C17H15ClN2O2S. The van der Waals surface area contributed by atoms with Crippen molar-refractivity contribution in [1.82, 2.24) is 10.1 Å². The van der Waals surface area contributed by atoms with Gasteiger partial charge in [-0.2, -0.15) is 0 Å². The van der Waals surface area contributed by atoms with Gasteiger partial charge in [0.2, 0.25) is 0 Å². The lowest BCUT2D eigenvalue weighted by Crippen LogP contribution is -2.30. The lowest BCUT2D eigenvalue weighted by molar-refractivity contribution is 0.0744. The predicted octanol–water partition coefficient (Wildman–Crippen LogP) is 4.72. The first-order chi connectivity index (χ1) is 11.2. The van der Waals surface area contributed by atoms with Crippen molar-refractivity contribution in [3.63, 3.8) is 0 Å². The Morgan fingerprint density at radius 3 is 2.74 bits per heavy atom. The molecule has 1 aromatic carbocycles. The van der Waals surface area contributed by atoms with Crippen LogP contribution in [-0.2, 0) is 6.54 Å². The molecule has 6 heteroatoms. The summed E-state index contributed by atoms with van der Waals surface area (Å²) >= 11 is 7.51. The second-order valence-electron chi connectivity index (χ2n) is 4.98. The SMILES string of the molecule is CCN(Cc1cccs1)C(=O)c1cc(-c2ccc(Cl)cc2)on1. The van der Waals surface area contributed by atoms with Crippen LogP contribution in [0.3, 0.4) is 0 Å². The summed E-state index contributed by atoms with van der Waals surface area (Å²) in [6, 6.07) is 12.9. The molecule has 118 valence electrons. The number of thiophene rings is 1. The number of benzene rings is 1. The molecule has 1 amide bonds. The third-order valence-electron chi connectivity index (χ3n) is 3.45. The van der Waals surface area contributed by atoms with Crippen LogP contribution in [0.25, 0.3) is 11.3 Å². The van der Waals surface area contributed by atoms with Crippen LogP contribution in [0.5, 0.6) is 0 Å². The molecule has 4 nitrogen and oxygen atoms in total. The molecule has 0 atom stereocenters. The Labute approximate surface area is 143 Å². The van der Waals surface area contributed by atoms with Crippen LogP contribution in [0.15, 0.2) is 52.4 Å². The highest BCUT2D eigenvalue weighted by Gasteiger charge is 2.19. The maximum atomic E-state index is 12.6. The molecular weight excluding hydrogens is 332 g/mol. The lowest BCUT2D eigenvalue weighted by Gasteiger charge is -2.18. The molecule has 3 rings (SSSR count). The number of hydrogen-bond donors (Lipinski definition) is 0. The lowest BCUT2D eigenvalue weighted by atomic mass is 10.1. The molecule has 0 aliphatic carbocycles. The Hall–Kier alpha value is -2.11. The number of aromatic nitrogens is 1. The minimum atomic E-state index is -0.134. The van der Waals surface area contributed by atoms with Crippen molar-refractivity contribution in [2.45, 2.75) is 13.5 Å². The minimum absolute atomic E-state index is 0.134. The van der Waals surface area contributed by atoms with Crippen molar-refractivity contribution in [1.29, 1.82) is 0 Å². The number of hydrogen-bond acceptors (Lipinski definition) is 4. The summed E-state index contributed by atoms with van der Waals surface area (Å²) in [6.45, 7) is 3.14. The molecule has 3 aromatic rings. The molecule has 2 heterocycles. The van der Waals surface area contributed by atoms with Gasteiger partial charge in [-0.1, -0.05) is 22.8 Å². The summed E-state index contributed by atoms with van der Waals surface area (Å²) in [5.74, 6) is 0.419. The van der Waals surface area contributed by atoms with Gasteiger partial charge >= 0.3 is 0 Å². The topological polar surface area (TPSA) is 46.3 Å². The first kappa shape index (κ1) is 15.8. The van der Waals surface area contributed by atoms with E-state index in [0.717, 1.165) is 10.4 Å². The van der Waals surface area contributed by atoms with Gasteiger partial charge in [0.15, 0.2) is 11.5 Å². The predicted molar refractivity (Wildman–Crippen MR) is 91.7 cm³/mol. The number of amides is 1. The van der Waals surface area contributed by atoms with Gasteiger partial charge < -0.3 is 9.42 Å². The van der Waals surface area contributed by atoms with Gasteiger partial charge in [-0.05, 0) is 42.6 Å². The largest absolute Gasteiger partial charge is 0.355 e. The van der Waals surface area contributed by atoms with Crippen LogP contribution in [0, 0.1) is 0 Å². The zero-order valence-corrected chi connectivity index (χ0v) is 14.1. The van der Waals surface area contributed by atoms with E-state index in [0.29, 0.717) is 29.6 Å². The van der Waals surface area contributed by atoms with E-state index < -0.39 is 0 Å². The molecule has 0 fully saturated rings. The Balaban J connectivity index is 1.78. The van der Waals surface area contributed by atoms with Crippen molar-refractivity contribution in [2.75, 3.05) is 6.54 Å². The maximum Gasteiger partial charge on any atom is 0.276 e. The van der Waals surface area contributed by atoms with Crippen LogP contribution >= 0.6 is 22.9 Å². The van der Waals surface area contributed by atoms with Crippen molar-refractivity contribution in [3.8, 4) is 11.3 Å². The quantitative estimate of drug-likeness (QED) is 0.671. The fourth-order valence-corrected chi connectivity index (χ4v) is 3.05. The monoisotopic (exact) mass is 346 g/mol. The van der Waals surface area contributed by atoms with Gasteiger partial charge in [-0.3, -0.25) is 4.79 Å². The van der Waals surface area contributed by atoms with E-state index in [1.54, 1.807) is 34.4 Å². The number of rotatable bonds is 5. The molecule has 0 saturated heterocycles. The normalized spacial score (nSPS) is 10.7.